The highest BCUT2D eigenvalue weighted by Gasteiger charge is 2.23. The molecule has 1 aliphatic heterocycles. The Morgan fingerprint density at radius 1 is 1.10 bits per heavy atom. The van der Waals surface area contributed by atoms with Gasteiger partial charge in [-0.15, -0.1) is 0 Å². The molecule has 0 aromatic heterocycles. The lowest BCUT2D eigenvalue weighted by atomic mass is 10.1. The van der Waals surface area contributed by atoms with Gasteiger partial charge in [-0.2, -0.15) is 0 Å². The second-order valence-electron chi connectivity index (χ2n) is 7.39. The molecule has 1 saturated heterocycles. The molecule has 9 heteroatoms. The molecule has 1 N–H and O–H groups in total. The summed E-state index contributed by atoms with van der Waals surface area (Å²) in [6.07, 6.45) is 3.47. The largest absolute Gasteiger partial charge is 0.350 e. The number of hydrogen-bond acceptors (Lipinski definition) is 4. The third-order valence-electron chi connectivity index (χ3n) is 5.05. The molecule has 1 aliphatic rings. The van der Waals surface area contributed by atoms with Crippen LogP contribution in [-0.4, -0.2) is 45.1 Å². The van der Waals surface area contributed by atoms with E-state index in [0.29, 0.717) is 11.6 Å². The van der Waals surface area contributed by atoms with Crippen molar-refractivity contribution in [3.8, 4) is 0 Å². The Morgan fingerprint density at radius 3 is 2.40 bits per heavy atom. The van der Waals surface area contributed by atoms with Crippen molar-refractivity contribution < 1.29 is 13.2 Å². The van der Waals surface area contributed by atoms with Crippen LogP contribution in [0.15, 0.2) is 42.5 Å². The zero-order valence-corrected chi connectivity index (χ0v) is 19.1. The molecule has 1 fully saturated rings. The fourth-order valence-corrected chi connectivity index (χ4v) is 4.94. The fourth-order valence-electron chi connectivity index (χ4n) is 3.51. The van der Waals surface area contributed by atoms with Crippen LogP contribution >= 0.6 is 23.2 Å². The summed E-state index contributed by atoms with van der Waals surface area (Å²) in [5.74, 6) is -0.414. The van der Waals surface area contributed by atoms with Gasteiger partial charge in [-0.1, -0.05) is 47.5 Å². The van der Waals surface area contributed by atoms with Gasteiger partial charge in [0.25, 0.3) is 0 Å². The molecular formula is C21H25Cl2N3O3S. The lowest BCUT2D eigenvalue weighted by Crippen LogP contribution is -2.40. The van der Waals surface area contributed by atoms with E-state index >= 15 is 0 Å². The molecule has 2 aromatic rings. The second kappa shape index (κ2) is 10.0. The first-order valence-electron chi connectivity index (χ1n) is 9.72. The van der Waals surface area contributed by atoms with Crippen molar-refractivity contribution in [2.45, 2.75) is 25.9 Å². The van der Waals surface area contributed by atoms with Crippen LogP contribution in [0, 0.1) is 0 Å². The highest BCUT2D eigenvalue weighted by molar-refractivity contribution is 7.92. The van der Waals surface area contributed by atoms with Crippen LogP contribution in [-0.2, 0) is 27.9 Å². The van der Waals surface area contributed by atoms with E-state index in [2.05, 4.69) is 16.3 Å². The van der Waals surface area contributed by atoms with Gasteiger partial charge in [0.2, 0.25) is 15.9 Å². The smallest absolute Gasteiger partial charge is 0.241 e. The highest BCUT2D eigenvalue weighted by Crippen LogP contribution is 2.30. The summed E-state index contributed by atoms with van der Waals surface area (Å²) in [6.45, 7) is 2.99. The van der Waals surface area contributed by atoms with Crippen molar-refractivity contribution >= 4 is 44.8 Å². The monoisotopic (exact) mass is 469 g/mol. The van der Waals surface area contributed by atoms with E-state index in [9.17, 15) is 13.2 Å². The molecule has 2 aromatic carbocycles. The number of halogens is 2. The van der Waals surface area contributed by atoms with Crippen LogP contribution < -0.4 is 9.62 Å². The van der Waals surface area contributed by atoms with Crippen LogP contribution in [0.3, 0.4) is 0 Å². The average molecular weight is 470 g/mol. The molecule has 0 atom stereocenters. The topological polar surface area (TPSA) is 69.7 Å². The summed E-state index contributed by atoms with van der Waals surface area (Å²) in [5.41, 5.74) is 2.40. The van der Waals surface area contributed by atoms with Gasteiger partial charge >= 0.3 is 0 Å². The van der Waals surface area contributed by atoms with Crippen molar-refractivity contribution in [2.75, 3.05) is 30.2 Å². The molecule has 1 heterocycles. The summed E-state index contributed by atoms with van der Waals surface area (Å²) in [6, 6.07) is 12.4. The minimum atomic E-state index is -3.72. The van der Waals surface area contributed by atoms with Crippen LogP contribution in [0.1, 0.15) is 24.0 Å². The quantitative estimate of drug-likeness (QED) is 0.639. The van der Waals surface area contributed by atoms with Gasteiger partial charge in [-0.3, -0.25) is 14.0 Å². The van der Waals surface area contributed by atoms with Crippen molar-refractivity contribution in [3.05, 3.63) is 63.6 Å². The van der Waals surface area contributed by atoms with E-state index in [1.165, 1.54) is 36.6 Å². The van der Waals surface area contributed by atoms with Crippen molar-refractivity contribution in [1.29, 1.82) is 0 Å². The summed E-state index contributed by atoms with van der Waals surface area (Å²) in [7, 11) is -3.72. The molecule has 162 valence electrons. The van der Waals surface area contributed by atoms with Crippen LogP contribution in [0.4, 0.5) is 5.69 Å². The molecule has 0 bridgehead atoms. The standard InChI is InChI=1S/C21H25Cl2N3O3S/c1-30(28,29)26(20-9-8-18(22)12-19(20)23)15-21(27)24-13-16-6-2-3-7-17(16)14-25-10-4-5-11-25/h2-3,6-9,12H,4-5,10-11,13-15H2,1H3,(H,24,27). The lowest BCUT2D eigenvalue weighted by molar-refractivity contribution is -0.119. The number of amides is 1. The normalized spacial score (nSPS) is 14.6. The molecule has 1 amide bonds. The van der Waals surface area contributed by atoms with Gasteiger partial charge < -0.3 is 5.32 Å². The third-order valence-corrected chi connectivity index (χ3v) is 6.72. The number of anilines is 1. The molecule has 0 aliphatic carbocycles. The number of benzene rings is 2. The Morgan fingerprint density at radius 2 is 1.77 bits per heavy atom. The molecule has 0 saturated carbocycles. The van der Waals surface area contributed by atoms with Gasteiger partial charge in [0.05, 0.1) is 17.0 Å². The van der Waals surface area contributed by atoms with Crippen molar-refractivity contribution in [2.24, 2.45) is 0 Å². The molecule has 6 nitrogen and oxygen atoms in total. The summed E-state index contributed by atoms with van der Waals surface area (Å²) in [4.78, 5) is 15.0. The average Bonchev–Trinajstić information content (AvgIpc) is 3.18. The van der Waals surface area contributed by atoms with E-state index in [0.717, 1.165) is 35.8 Å². The SMILES string of the molecule is CS(=O)(=O)N(CC(=O)NCc1ccccc1CN1CCCC1)c1ccc(Cl)cc1Cl. The summed E-state index contributed by atoms with van der Waals surface area (Å²) >= 11 is 12.1. The Kier molecular flexibility index (Phi) is 7.63. The van der Waals surface area contributed by atoms with Gasteiger partial charge in [-0.05, 0) is 55.3 Å². The molecule has 3 rings (SSSR count). The summed E-state index contributed by atoms with van der Waals surface area (Å²) < 4.78 is 25.5. The van der Waals surface area contributed by atoms with Gasteiger partial charge in [-0.25, -0.2) is 8.42 Å². The number of carbonyl (C=O) groups is 1. The van der Waals surface area contributed by atoms with Gasteiger partial charge in [0.1, 0.15) is 6.54 Å². The fraction of sp³-hybridized carbons (Fsp3) is 0.381. The summed E-state index contributed by atoms with van der Waals surface area (Å²) in [5, 5.41) is 3.38. The van der Waals surface area contributed by atoms with Gasteiger partial charge in [0, 0.05) is 18.1 Å². The van der Waals surface area contributed by atoms with Crippen molar-refractivity contribution in [3.63, 3.8) is 0 Å². The molecular weight excluding hydrogens is 445 g/mol. The molecule has 0 spiro atoms. The minimum absolute atomic E-state index is 0.164. The first-order valence-corrected chi connectivity index (χ1v) is 12.3. The third kappa shape index (κ3) is 6.11. The minimum Gasteiger partial charge on any atom is -0.350 e. The number of sulfonamides is 1. The number of nitrogens with zero attached hydrogens (tertiary/aromatic N) is 2. The van der Waals surface area contributed by atoms with E-state index in [1.54, 1.807) is 0 Å². The maximum Gasteiger partial charge on any atom is 0.241 e. The lowest BCUT2D eigenvalue weighted by Gasteiger charge is -2.23. The van der Waals surface area contributed by atoms with E-state index < -0.39 is 15.9 Å². The van der Waals surface area contributed by atoms with Gasteiger partial charge in [0.15, 0.2) is 0 Å². The maximum atomic E-state index is 12.6. The predicted octanol–water partition coefficient (Wildman–Crippen LogP) is 3.67. The van der Waals surface area contributed by atoms with Crippen molar-refractivity contribution in [1.82, 2.24) is 10.2 Å². The number of carbonyl (C=O) groups excluding carboxylic acids is 1. The van der Waals surface area contributed by atoms with E-state index in [-0.39, 0.29) is 17.3 Å². The first-order chi connectivity index (χ1) is 14.2. The Balaban J connectivity index is 1.68. The predicted molar refractivity (Wildman–Crippen MR) is 121 cm³/mol. The zero-order valence-electron chi connectivity index (χ0n) is 16.8. The number of nitrogens with one attached hydrogen (secondary N) is 1. The highest BCUT2D eigenvalue weighted by atomic mass is 35.5. The number of likely N-dealkylation sites (tertiary alicyclic amines) is 1. The molecule has 30 heavy (non-hydrogen) atoms. The molecule has 0 radical (unpaired) electrons. The van der Waals surface area contributed by atoms with Crippen LogP contribution in [0.5, 0.6) is 0 Å². The first kappa shape index (κ1) is 22.9. The van der Waals surface area contributed by atoms with Crippen LogP contribution in [0.25, 0.3) is 0 Å². The van der Waals surface area contributed by atoms with Crippen LogP contribution in [0.2, 0.25) is 10.0 Å². The number of hydrogen-bond donors (Lipinski definition) is 1. The van der Waals surface area contributed by atoms with E-state index in [4.69, 9.17) is 23.2 Å². The Hall–Kier alpha value is -1.80. The maximum absolute atomic E-state index is 12.6. The number of rotatable bonds is 8. The Labute approximate surface area is 187 Å². The molecule has 0 unspecified atom stereocenters. The second-order valence-corrected chi connectivity index (χ2v) is 10.1. The van der Waals surface area contributed by atoms with E-state index in [1.807, 2.05) is 18.2 Å². The zero-order chi connectivity index (χ0) is 21.7. The Bertz CT molecular complexity index is 1010.